The summed E-state index contributed by atoms with van der Waals surface area (Å²) in [7, 11) is 0. The lowest BCUT2D eigenvalue weighted by Gasteiger charge is -2.18. The maximum absolute atomic E-state index is 10.9. The van der Waals surface area contributed by atoms with Crippen LogP contribution < -0.4 is 5.32 Å². The van der Waals surface area contributed by atoms with Crippen molar-refractivity contribution in [3.63, 3.8) is 0 Å². The van der Waals surface area contributed by atoms with E-state index in [0.717, 1.165) is 0 Å². The number of aliphatic imine (C=N–C) groups is 1. The molecular weight excluding hydrogens is 301 g/mol. The van der Waals surface area contributed by atoms with E-state index in [2.05, 4.69) is 10.3 Å². The molecule has 0 saturated carbocycles. The van der Waals surface area contributed by atoms with Crippen LogP contribution in [0.25, 0.3) is 0 Å². The van der Waals surface area contributed by atoms with Crippen molar-refractivity contribution in [3.8, 4) is 6.07 Å². The highest BCUT2D eigenvalue weighted by Crippen LogP contribution is 2.34. The quantitative estimate of drug-likeness (QED) is 0.850. The number of anilines is 1. The van der Waals surface area contributed by atoms with Crippen LogP contribution in [0.4, 0.5) is 11.4 Å². The number of esters is 1. The first-order chi connectivity index (χ1) is 9.49. The van der Waals surface area contributed by atoms with Crippen LogP contribution in [-0.4, -0.2) is 17.2 Å². The highest BCUT2D eigenvalue weighted by molar-refractivity contribution is 6.70. The number of halogens is 2. The number of nitriles is 1. The first kappa shape index (κ1) is 14.4. The Morgan fingerprint density at radius 3 is 2.95 bits per heavy atom. The lowest BCUT2D eigenvalue weighted by atomic mass is 10.2. The average Bonchev–Trinajstić information content (AvgIpc) is 2.38. The van der Waals surface area contributed by atoms with Gasteiger partial charge in [0.25, 0.3) is 0 Å². The summed E-state index contributed by atoms with van der Waals surface area (Å²) < 4.78 is 4.81. The lowest BCUT2D eigenvalue weighted by Crippen LogP contribution is -2.17. The summed E-state index contributed by atoms with van der Waals surface area (Å²) in [5, 5.41) is 12.6. The topological polar surface area (TPSA) is 74.5 Å². The third-order valence-electron chi connectivity index (χ3n) is 2.41. The summed E-state index contributed by atoms with van der Waals surface area (Å²) in [5.74, 6) is -0.555. The molecule has 7 heteroatoms. The van der Waals surface area contributed by atoms with E-state index in [1.807, 2.05) is 6.07 Å². The van der Waals surface area contributed by atoms with E-state index in [9.17, 15) is 4.79 Å². The van der Waals surface area contributed by atoms with Crippen LogP contribution in [0.3, 0.4) is 0 Å². The highest BCUT2D eigenvalue weighted by atomic mass is 35.5. The van der Waals surface area contributed by atoms with Gasteiger partial charge in [-0.2, -0.15) is 5.26 Å². The molecule has 1 N–H and O–H groups in total. The van der Waals surface area contributed by atoms with Gasteiger partial charge in [-0.3, -0.25) is 4.79 Å². The molecule has 2 rings (SSSR count). The van der Waals surface area contributed by atoms with Gasteiger partial charge in [0.2, 0.25) is 6.10 Å². The molecule has 0 aliphatic carbocycles. The lowest BCUT2D eigenvalue weighted by molar-refractivity contribution is -0.142. The van der Waals surface area contributed by atoms with E-state index in [-0.39, 0.29) is 5.17 Å². The Morgan fingerprint density at radius 1 is 1.55 bits per heavy atom. The van der Waals surface area contributed by atoms with Crippen molar-refractivity contribution >= 4 is 45.7 Å². The Kier molecular flexibility index (Phi) is 4.28. The molecule has 1 aromatic rings. The van der Waals surface area contributed by atoms with Gasteiger partial charge < -0.3 is 10.1 Å². The van der Waals surface area contributed by atoms with Crippen LogP contribution >= 0.6 is 23.2 Å². The summed E-state index contributed by atoms with van der Waals surface area (Å²) in [6.07, 6.45) is 0.344. The molecule has 1 unspecified atom stereocenters. The molecule has 1 heterocycles. The maximum Gasteiger partial charge on any atom is 0.304 e. The van der Waals surface area contributed by atoms with Gasteiger partial charge in [0.1, 0.15) is 6.07 Å². The van der Waals surface area contributed by atoms with Gasteiger partial charge in [-0.15, -0.1) is 0 Å². The Hall–Kier alpha value is -2.03. The minimum absolute atomic E-state index is 0.173. The largest absolute Gasteiger partial charge is 0.443 e. The van der Waals surface area contributed by atoms with Gasteiger partial charge >= 0.3 is 5.97 Å². The van der Waals surface area contributed by atoms with Crippen molar-refractivity contribution in [1.82, 2.24) is 0 Å². The fourth-order valence-electron chi connectivity index (χ4n) is 1.61. The molecule has 0 fully saturated rings. The van der Waals surface area contributed by atoms with E-state index in [4.69, 9.17) is 33.2 Å². The van der Waals surface area contributed by atoms with Crippen molar-refractivity contribution in [1.29, 1.82) is 5.26 Å². The number of allylic oxidation sites excluding steroid dienone is 1. The standard InChI is InChI=1S/C13H9Cl2N3O2/c1-7(19)20-9(6-16)5-12-13(15)18-10-3-2-8(14)4-11(10)17-12/h2-5,9,17H,1H3/b12-5+. The number of carbonyl (C=O) groups is 1. The molecule has 102 valence electrons. The summed E-state index contributed by atoms with van der Waals surface area (Å²) in [5.41, 5.74) is 1.68. The molecule has 20 heavy (non-hydrogen) atoms. The predicted octanol–water partition coefficient (Wildman–Crippen LogP) is 3.37. The Balaban J connectivity index is 2.32. The normalized spacial score (nSPS) is 16.5. The van der Waals surface area contributed by atoms with E-state index in [1.165, 1.54) is 13.0 Å². The molecule has 1 aliphatic heterocycles. The second-order valence-corrected chi connectivity index (χ2v) is 4.72. The van der Waals surface area contributed by atoms with E-state index >= 15 is 0 Å². The Labute approximate surface area is 125 Å². The molecule has 0 spiro atoms. The summed E-state index contributed by atoms with van der Waals surface area (Å²) in [6.45, 7) is 1.22. The van der Waals surface area contributed by atoms with Crippen LogP contribution in [0.2, 0.25) is 5.02 Å². The molecule has 0 amide bonds. The SMILES string of the molecule is CC(=O)OC(C#N)/C=C1/Nc2cc(Cl)ccc2N=C1Cl. The molecule has 0 aromatic heterocycles. The van der Waals surface area contributed by atoms with Crippen molar-refractivity contribution in [2.75, 3.05) is 5.32 Å². The molecule has 0 radical (unpaired) electrons. The van der Waals surface area contributed by atoms with Crippen LogP contribution in [0.1, 0.15) is 6.92 Å². The fraction of sp³-hybridized carbons (Fsp3) is 0.154. The van der Waals surface area contributed by atoms with Crippen LogP contribution in [0.5, 0.6) is 0 Å². The van der Waals surface area contributed by atoms with Crippen LogP contribution in [-0.2, 0) is 9.53 Å². The minimum Gasteiger partial charge on any atom is -0.443 e. The number of carbonyl (C=O) groups excluding carboxylic acids is 1. The molecule has 1 aliphatic rings. The second kappa shape index (κ2) is 5.95. The zero-order valence-corrected chi connectivity index (χ0v) is 11.9. The number of fused-ring (bicyclic) bond motifs is 1. The summed E-state index contributed by atoms with van der Waals surface area (Å²) in [6, 6.07) is 6.94. The fourth-order valence-corrected chi connectivity index (χ4v) is 1.98. The second-order valence-electron chi connectivity index (χ2n) is 3.93. The van der Waals surface area contributed by atoms with Gasteiger partial charge in [-0.05, 0) is 24.3 Å². The average molecular weight is 310 g/mol. The number of ether oxygens (including phenoxy) is 1. The number of nitrogens with zero attached hydrogens (tertiary/aromatic N) is 2. The third kappa shape index (κ3) is 3.29. The van der Waals surface area contributed by atoms with Gasteiger partial charge in [0, 0.05) is 11.9 Å². The monoisotopic (exact) mass is 309 g/mol. The molecule has 1 atom stereocenters. The number of nitrogens with one attached hydrogen (secondary N) is 1. The van der Waals surface area contributed by atoms with E-state index < -0.39 is 12.1 Å². The van der Waals surface area contributed by atoms with Crippen molar-refractivity contribution in [2.45, 2.75) is 13.0 Å². The van der Waals surface area contributed by atoms with Crippen molar-refractivity contribution < 1.29 is 9.53 Å². The van der Waals surface area contributed by atoms with Crippen LogP contribution in [0, 0.1) is 11.3 Å². The summed E-state index contributed by atoms with van der Waals surface area (Å²) in [4.78, 5) is 15.1. The number of benzene rings is 1. The third-order valence-corrected chi connectivity index (χ3v) is 2.93. The predicted molar refractivity (Wildman–Crippen MR) is 77.3 cm³/mol. The molecule has 0 saturated heterocycles. The molecular formula is C13H9Cl2N3O2. The Bertz CT molecular complexity index is 662. The molecule has 1 aromatic carbocycles. The van der Waals surface area contributed by atoms with Crippen LogP contribution in [0.15, 0.2) is 35.0 Å². The first-order valence-corrected chi connectivity index (χ1v) is 6.35. The van der Waals surface area contributed by atoms with Gasteiger partial charge in [0.15, 0.2) is 5.17 Å². The number of hydrogen-bond donors (Lipinski definition) is 1. The van der Waals surface area contributed by atoms with E-state index in [0.29, 0.717) is 22.1 Å². The number of rotatable bonds is 2. The van der Waals surface area contributed by atoms with Gasteiger partial charge in [-0.25, -0.2) is 4.99 Å². The van der Waals surface area contributed by atoms with Crippen molar-refractivity contribution in [2.24, 2.45) is 4.99 Å². The Morgan fingerprint density at radius 2 is 2.30 bits per heavy atom. The molecule has 5 nitrogen and oxygen atoms in total. The number of hydrogen-bond acceptors (Lipinski definition) is 5. The smallest absolute Gasteiger partial charge is 0.304 e. The zero-order valence-electron chi connectivity index (χ0n) is 10.4. The highest BCUT2D eigenvalue weighted by Gasteiger charge is 2.18. The maximum atomic E-state index is 10.9. The summed E-state index contributed by atoms with van der Waals surface area (Å²) >= 11 is 11.9. The molecule has 0 bridgehead atoms. The van der Waals surface area contributed by atoms with Gasteiger partial charge in [-0.1, -0.05) is 23.2 Å². The van der Waals surface area contributed by atoms with Crippen molar-refractivity contribution in [3.05, 3.63) is 35.0 Å². The van der Waals surface area contributed by atoms with E-state index in [1.54, 1.807) is 18.2 Å². The van der Waals surface area contributed by atoms with Gasteiger partial charge in [0.05, 0.1) is 17.1 Å². The first-order valence-electron chi connectivity index (χ1n) is 5.59. The minimum atomic E-state index is -1.04. The zero-order chi connectivity index (χ0) is 14.7.